The predicted octanol–water partition coefficient (Wildman–Crippen LogP) is 5.91. The molecule has 7 rings (SSSR count). The first kappa shape index (κ1) is 26.1. The smallest absolute Gasteiger partial charge is 0.181 e. The number of anilines is 1. The average Bonchev–Trinajstić information content (AvgIpc) is 3.76. The van der Waals surface area contributed by atoms with E-state index in [1.165, 1.54) is 25.0 Å². The van der Waals surface area contributed by atoms with Gasteiger partial charge in [-0.05, 0) is 62.3 Å². The molecule has 0 radical (unpaired) electrons. The Morgan fingerprint density at radius 1 is 0.929 bits per heavy atom. The molecule has 0 atom stereocenters. The average molecular weight is 563 g/mol. The number of rotatable bonds is 8. The molecule has 1 aromatic carbocycles. The summed E-state index contributed by atoms with van der Waals surface area (Å²) < 4.78 is 20.7. The number of halogens is 1. The molecule has 6 heterocycles. The van der Waals surface area contributed by atoms with Crippen molar-refractivity contribution < 1.29 is 9.13 Å². The second-order valence-electron chi connectivity index (χ2n) is 10.9. The van der Waals surface area contributed by atoms with E-state index in [-0.39, 0.29) is 5.82 Å². The topological polar surface area (TPSA) is 98.8 Å². The third-order valence-electron chi connectivity index (χ3n) is 7.82. The highest BCUT2D eigenvalue weighted by molar-refractivity contribution is 6.00. The molecule has 1 aliphatic heterocycles. The SMILES string of the molecule is CN(C)c1cncc(-c2cnc3n[nH]c(-c4cc5c(-c6cc(F)cc(OCCN7CCCC7)c6)nccc5[nH]4)c3c2)c1. The van der Waals surface area contributed by atoms with Crippen LogP contribution < -0.4 is 9.64 Å². The van der Waals surface area contributed by atoms with Crippen LogP contribution in [0.15, 0.2) is 67.3 Å². The van der Waals surface area contributed by atoms with E-state index in [9.17, 15) is 4.39 Å². The fourth-order valence-electron chi connectivity index (χ4n) is 5.59. The van der Waals surface area contributed by atoms with Crippen LogP contribution in [0.1, 0.15) is 12.8 Å². The number of nitrogens with zero attached hydrogens (tertiary/aromatic N) is 6. The summed E-state index contributed by atoms with van der Waals surface area (Å²) in [6, 6.07) is 12.9. The van der Waals surface area contributed by atoms with Crippen LogP contribution >= 0.6 is 0 Å². The monoisotopic (exact) mass is 562 g/mol. The van der Waals surface area contributed by atoms with Gasteiger partial charge < -0.3 is 14.6 Å². The van der Waals surface area contributed by atoms with E-state index in [2.05, 4.69) is 47.2 Å². The second-order valence-corrected chi connectivity index (χ2v) is 10.9. The molecule has 9 nitrogen and oxygen atoms in total. The number of hydrogen-bond donors (Lipinski definition) is 2. The molecular weight excluding hydrogens is 531 g/mol. The van der Waals surface area contributed by atoms with Gasteiger partial charge in [-0.15, -0.1) is 0 Å². The number of hydrogen-bond acceptors (Lipinski definition) is 7. The number of benzene rings is 1. The zero-order valence-electron chi connectivity index (χ0n) is 23.6. The van der Waals surface area contributed by atoms with Crippen LogP contribution in [0.25, 0.3) is 55.7 Å². The summed E-state index contributed by atoms with van der Waals surface area (Å²) in [6.45, 7) is 3.56. The Morgan fingerprint density at radius 2 is 1.79 bits per heavy atom. The Morgan fingerprint density at radius 3 is 2.64 bits per heavy atom. The summed E-state index contributed by atoms with van der Waals surface area (Å²) in [4.78, 5) is 21.5. The van der Waals surface area contributed by atoms with Crippen LogP contribution in [0.3, 0.4) is 0 Å². The molecule has 0 spiro atoms. The number of pyridine rings is 3. The maximum atomic E-state index is 14.7. The predicted molar refractivity (Wildman–Crippen MR) is 163 cm³/mol. The van der Waals surface area contributed by atoms with Crippen molar-refractivity contribution in [2.24, 2.45) is 0 Å². The minimum atomic E-state index is -0.357. The van der Waals surface area contributed by atoms with Crippen LogP contribution in [0, 0.1) is 5.82 Å². The fraction of sp³-hybridized carbons (Fsp3) is 0.250. The number of fused-ring (bicyclic) bond motifs is 2. The number of likely N-dealkylation sites (tertiary alicyclic amines) is 1. The summed E-state index contributed by atoms with van der Waals surface area (Å²) in [5.74, 6) is 0.147. The van der Waals surface area contributed by atoms with Crippen molar-refractivity contribution in [3.63, 3.8) is 0 Å². The molecule has 0 bridgehead atoms. The maximum absolute atomic E-state index is 14.7. The van der Waals surface area contributed by atoms with Crippen LogP contribution in [0.5, 0.6) is 5.75 Å². The zero-order valence-corrected chi connectivity index (χ0v) is 23.6. The lowest BCUT2D eigenvalue weighted by Crippen LogP contribution is -2.25. The Kier molecular flexibility index (Phi) is 6.75. The Labute approximate surface area is 242 Å². The lowest BCUT2D eigenvalue weighted by atomic mass is 10.1. The Balaban J connectivity index is 1.22. The van der Waals surface area contributed by atoms with Gasteiger partial charge in [-0.25, -0.2) is 9.37 Å². The molecule has 0 unspecified atom stereocenters. The molecule has 2 N–H and O–H groups in total. The number of ether oxygens (including phenoxy) is 1. The van der Waals surface area contributed by atoms with Gasteiger partial charge >= 0.3 is 0 Å². The van der Waals surface area contributed by atoms with Crippen LogP contribution in [-0.2, 0) is 0 Å². The number of aromatic nitrogens is 6. The van der Waals surface area contributed by atoms with Gasteiger partial charge in [-0.3, -0.25) is 20.0 Å². The van der Waals surface area contributed by atoms with Gasteiger partial charge in [0.1, 0.15) is 18.2 Å². The molecule has 5 aromatic heterocycles. The summed E-state index contributed by atoms with van der Waals surface area (Å²) in [5.41, 5.74) is 7.39. The fourth-order valence-corrected chi connectivity index (χ4v) is 5.59. The third-order valence-corrected chi connectivity index (χ3v) is 7.82. The number of aromatic amines is 2. The first-order valence-electron chi connectivity index (χ1n) is 14.1. The highest BCUT2D eigenvalue weighted by Crippen LogP contribution is 2.35. The van der Waals surface area contributed by atoms with Gasteiger partial charge in [-0.1, -0.05) is 0 Å². The van der Waals surface area contributed by atoms with Gasteiger partial charge in [0, 0.05) is 78.3 Å². The third kappa shape index (κ3) is 5.05. The largest absolute Gasteiger partial charge is 0.492 e. The van der Waals surface area contributed by atoms with Crippen molar-refractivity contribution in [2.75, 3.05) is 45.2 Å². The molecule has 212 valence electrons. The summed E-state index contributed by atoms with van der Waals surface area (Å²) in [7, 11) is 3.98. The van der Waals surface area contributed by atoms with Gasteiger partial charge in [0.05, 0.1) is 29.0 Å². The molecular formula is C32H31FN8O. The summed E-state index contributed by atoms with van der Waals surface area (Å²) in [5, 5.41) is 9.34. The molecule has 1 fully saturated rings. The standard InChI is InChI=1S/C32H31FN8O/c1-40(2)24-12-21(17-34-19-24)22-14-27-31(38-39-32(27)36-18-22)29-16-26-28(37-29)5-6-35-30(26)20-11-23(33)15-25(13-20)42-10-9-41-7-3-4-8-41/h5-6,11-19,37H,3-4,7-10H2,1-2H3,(H,36,38,39). The van der Waals surface area contributed by atoms with Crippen molar-refractivity contribution >= 4 is 27.6 Å². The maximum Gasteiger partial charge on any atom is 0.181 e. The Hall–Kier alpha value is -4.83. The number of H-pyrrole nitrogens is 2. The van der Waals surface area contributed by atoms with Crippen molar-refractivity contribution in [3.05, 3.63) is 73.1 Å². The van der Waals surface area contributed by atoms with Crippen molar-refractivity contribution in [2.45, 2.75) is 12.8 Å². The lowest BCUT2D eigenvalue weighted by molar-refractivity contribution is 0.237. The van der Waals surface area contributed by atoms with E-state index in [4.69, 9.17) is 4.74 Å². The molecule has 0 saturated carbocycles. The van der Waals surface area contributed by atoms with Crippen molar-refractivity contribution in [1.29, 1.82) is 0 Å². The van der Waals surface area contributed by atoms with Crippen LogP contribution in [0.2, 0.25) is 0 Å². The molecule has 0 amide bonds. The van der Waals surface area contributed by atoms with Gasteiger partial charge in [0.2, 0.25) is 0 Å². The highest BCUT2D eigenvalue weighted by atomic mass is 19.1. The molecule has 42 heavy (non-hydrogen) atoms. The quantitative estimate of drug-likeness (QED) is 0.238. The zero-order chi connectivity index (χ0) is 28.6. The number of nitrogens with one attached hydrogen (secondary N) is 2. The Bertz CT molecular complexity index is 1890. The molecule has 0 aliphatic carbocycles. The minimum Gasteiger partial charge on any atom is -0.492 e. The normalized spacial score (nSPS) is 13.8. The van der Waals surface area contributed by atoms with E-state index in [1.54, 1.807) is 6.20 Å². The first-order valence-corrected chi connectivity index (χ1v) is 14.1. The molecule has 1 aliphatic rings. The summed E-state index contributed by atoms with van der Waals surface area (Å²) in [6.07, 6.45) is 9.66. The van der Waals surface area contributed by atoms with Gasteiger partial charge in [0.15, 0.2) is 5.65 Å². The molecule has 1 saturated heterocycles. The minimum absolute atomic E-state index is 0.357. The van der Waals surface area contributed by atoms with Gasteiger partial charge in [0.25, 0.3) is 0 Å². The van der Waals surface area contributed by atoms with Crippen molar-refractivity contribution in [1.82, 2.24) is 35.0 Å². The van der Waals surface area contributed by atoms with E-state index >= 15 is 0 Å². The van der Waals surface area contributed by atoms with Gasteiger partial charge in [-0.2, -0.15) is 5.10 Å². The van der Waals surface area contributed by atoms with Crippen LogP contribution in [-0.4, -0.2) is 75.4 Å². The lowest BCUT2D eigenvalue weighted by Gasteiger charge is -2.15. The van der Waals surface area contributed by atoms with Crippen molar-refractivity contribution in [3.8, 4) is 39.5 Å². The first-order chi connectivity index (χ1) is 20.5. The van der Waals surface area contributed by atoms with E-state index in [0.29, 0.717) is 29.3 Å². The second kappa shape index (κ2) is 10.9. The van der Waals surface area contributed by atoms with E-state index in [0.717, 1.165) is 64.1 Å². The molecule has 6 aromatic rings. The van der Waals surface area contributed by atoms with E-state index < -0.39 is 0 Å². The highest BCUT2D eigenvalue weighted by Gasteiger charge is 2.17. The van der Waals surface area contributed by atoms with Crippen LogP contribution in [0.4, 0.5) is 10.1 Å². The summed E-state index contributed by atoms with van der Waals surface area (Å²) >= 11 is 0. The molecule has 10 heteroatoms. The van der Waals surface area contributed by atoms with E-state index in [1.807, 2.05) is 55.8 Å².